The second-order valence-electron chi connectivity index (χ2n) is 6.40. The van der Waals surface area contributed by atoms with E-state index in [2.05, 4.69) is 51.2 Å². The van der Waals surface area contributed by atoms with Crippen LogP contribution in [0.3, 0.4) is 0 Å². The van der Waals surface area contributed by atoms with Crippen LogP contribution < -0.4 is 5.56 Å². The molecule has 0 radical (unpaired) electrons. The van der Waals surface area contributed by atoms with E-state index in [-0.39, 0.29) is 5.56 Å². The number of aromatic amines is 2. The number of rotatable bonds is 2. The fourth-order valence-corrected chi connectivity index (χ4v) is 3.42. The van der Waals surface area contributed by atoms with Crippen molar-refractivity contribution in [3.63, 3.8) is 0 Å². The predicted octanol–water partition coefficient (Wildman–Crippen LogP) is 2.43. The smallest absolute Gasteiger partial charge is 0.254 e. The van der Waals surface area contributed by atoms with E-state index in [1.807, 2.05) is 6.92 Å². The van der Waals surface area contributed by atoms with Crippen molar-refractivity contribution in [2.75, 3.05) is 6.54 Å². The van der Waals surface area contributed by atoms with Crippen LogP contribution in [0.4, 0.5) is 0 Å². The number of H-pyrrole nitrogens is 2. The topological polar surface area (TPSA) is 64.8 Å². The maximum Gasteiger partial charge on any atom is 0.254 e. The highest BCUT2D eigenvalue weighted by Gasteiger charge is 2.21. The van der Waals surface area contributed by atoms with E-state index in [4.69, 9.17) is 0 Å². The van der Waals surface area contributed by atoms with Crippen molar-refractivity contribution in [2.45, 2.75) is 33.4 Å². The summed E-state index contributed by atoms with van der Waals surface area (Å²) in [5.74, 6) is 0.693. The van der Waals surface area contributed by atoms with Gasteiger partial charge in [0, 0.05) is 42.3 Å². The molecule has 0 spiro atoms. The second kappa shape index (κ2) is 5.35. The van der Waals surface area contributed by atoms with E-state index >= 15 is 0 Å². The lowest BCUT2D eigenvalue weighted by molar-refractivity contribution is 0.241. The van der Waals surface area contributed by atoms with Crippen LogP contribution in [0.25, 0.3) is 10.9 Å². The fraction of sp³-hybridized carbons (Fsp3) is 0.333. The van der Waals surface area contributed by atoms with Gasteiger partial charge >= 0.3 is 0 Å². The molecule has 23 heavy (non-hydrogen) atoms. The predicted molar refractivity (Wildman–Crippen MR) is 90.4 cm³/mol. The van der Waals surface area contributed by atoms with Gasteiger partial charge in [-0.3, -0.25) is 9.69 Å². The summed E-state index contributed by atoms with van der Waals surface area (Å²) in [4.78, 5) is 25.0. The molecule has 0 aliphatic carbocycles. The molecular weight excluding hydrogens is 288 g/mol. The molecule has 5 heteroatoms. The largest absolute Gasteiger partial charge is 0.361 e. The van der Waals surface area contributed by atoms with E-state index in [0.29, 0.717) is 5.82 Å². The molecule has 0 unspecified atom stereocenters. The monoisotopic (exact) mass is 308 g/mol. The highest BCUT2D eigenvalue weighted by molar-refractivity contribution is 5.83. The highest BCUT2D eigenvalue weighted by Crippen LogP contribution is 2.23. The van der Waals surface area contributed by atoms with Crippen molar-refractivity contribution < 1.29 is 0 Å². The zero-order valence-electron chi connectivity index (χ0n) is 13.4. The third-order valence-corrected chi connectivity index (χ3v) is 4.59. The zero-order valence-corrected chi connectivity index (χ0v) is 13.4. The van der Waals surface area contributed by atoms with E-state index < -0.39 is 0 Å². The van der Waals surface area contributed by atoms with Crippen molar-refractivity contribution in [3.8, 4) is 0 Å². The van der Waals surface area contributed by atoms with E-state index in [0.717, 1.165) is 37.3 Å². The zero-order chi connectivity index (χ0) is 16.0. The summed E-state index contributed by atoms with van der Waals surface area (Å²) in [5.41, 5.74) is 5.54. The Morgan fingerprint density at radius 1 is 1.30 bits per heavy atom. The van der Waals surface area contributed by atoms with Crippen LogP contribution in [0, 0.1) is 13.8 Å². The normalized spacial score (nSPS) is 15.0. The molecule has 0 bridgehead atoms. The Kier molecular flexibility index (Phi) is 3.31. The summed E-state index contributed by atoms with van der Waals surface area (Å²) in [6, 6.07) is 6.48. The van der Waals surface area contributed by atoms with E-state index in [1.54, 1.807) is 0 Å². The van der Waals surface area contributed by atoms with Crippen LogP contribution in [-0.2, 0) is 19.5 Å². The Morgan fingerprint density at radius 3 is 3.04 bits per heavy atom. The van der Waals surface area contributed by atoms with Crippen molar-refractivity contribution in [1.82, 2.24) is 19.9 Å². The van der Waals surface area contributed by atoms with Gasteiger partial charge in [-0.05, 0) is 38.0 Å². The molecule has 3 aromatic rings. The number of aryl methyl sites for hydroxylation is 2. The number of nitrogens with one attached hydrogen (secondary N) is 2. The van der Waals surface area contributed by atoms with Crippen LogP contribution >= 0.6 is 0 Å². The molecule has 2 aromatic heterocycles. The minimum atomic E-state index is 0.0230. The molecule has 2 N–H and O–H groups in total. The first-order valence-electron chi connectivity index (χ1n) is 7.98. The molecule has 118 valence electrons. The summed E-state index contributed by atoms with van der Waals surface area (Å²) in [7, 11) is 0. The molecule has 5 nitrogen and oxygen atoms in total. The van der Waals surface area contributed by atoms with Gasteiger partial charge in [0.2, 0.25) is 0 Å². The Morgan fingerprint density at radius 2 is 2.17 bits per heavy atom. The molecule has 0 saturated carbocycles. The number of benzene rings is 1. The van der Waals surface area contributed by atoms with Crippen LogP contribution in [-0.4, -0.2) is 26.4 Å². The quantitative estimate of drug-likeness (QED) is 0.764. The Labute approximate surface area is 134 Å². The fourth-order valence-electron chi connectivity index (χ4n) is 3.42. The standard InChI is InChI=1S/C18H20N4O/c1-11-3-4-16-15(7-11)13(8-19-16)9-22-6-5-14-17(10-22)20-12(2)21-18(14)23/h3-4,7-8,19H,5-6,9-10H2,1-2H3,(H,20,21,23). The number of nitrogens with zero attached hydrogens (tertiary/aromatic N) is 2. The molecule has 1 aromatic carbocycles. The van der Waals surface area contributed by atoms with Crippen molar-refractivity contribution in [1.29, 1.82) is 0 Å². The van der Waals surface area contributed by atoms with Gasteiger partial charge in [-0.15, -0.1) is 0 Å². The third kappa shape index (κ3) is 2.57. The number of fused-ring (bicyclic) bond motifs is 2. The lowest BCUT2D eigenvalue weighted by atomic mass is 10.0. The molecule has 0 amide bonds. The van der Waals surface area contributed by atoms with Gasteiger partial charge in [0.05, 0.1) is 5.69 Å². The summed E-state index contributed by atoms with van der Waals surface area (Å²) in [6.07, 6.45) is 2.86. The summed E-state index contributed by atoms with van der Waals surface area (Å²) >= 11 is 0. The highest BCUT2D eigenvalue weighted by atomic mass is 16.1. The minimum Gasteiger partial charge on any atom is -0.361 e. The summed E-state index contributed by atoms with van der Waals surface area (Å²) in [6.45, 7) is 6.45. The maximum absolute atomic E-state index is 12.0. The first-order chi connectivity index (χ1) is 11.1. The number of hydrogen-bond donors (Lipinski definition) is 2. The van der Waals surface area contributed by atoms with Crippen LogP contribution in [0.2, 0.25) is 0 Å². The van der Waals surface area contributed by atoms with Crippen LogP contribution in [0.1, 0.15) is 28.2 Å². The van der Waals surface area contributed by atoms with Gasteiger partial charge in [-0.25, -0.2) is 4.98 Å². The first-order valence-corrected chi connectivity index (χ1v) is 7.98. The summed E-state index contributed by atoms with van der Waals surface area (Å²) in [5, 5.41) is 1.28. The average molecular weight is 308 g/mol. The molecule has 0 fully saturated rings. The van der Waals surface area contributed by atoms with Crippen molar-refractivity contribution in [2.24, 2.45) is 0 Å². The van der Waals surface area contributed by atoms with E-state index in [9.17, 15) is 4.79 Å². The van der Waals surface area contributed by atoms with Gasteiger partial charge in [-0.2, -0.15) is 0 Å². The van der Waals surface area contributed by atoms with E-state index in [1.165, 1.54) is 22.0 Å². The average Bonchev–Trinajstić information content (AvgIpc) is 2.89. The van der Waals surface area contributed by atoms with Crippen molar-refractivity contribution in [3.05, 3.63) is 63.0 Å². The minimum absolute atomic E-state index is 0.0230. The van der Waals surface area contributed by atoms with Gasteiger partial charge in [-0.1, -0.05) is 11.6 Å². The Balaban J connectivity index is 1.62. The van der Waals surface area contributed by atoms with Crippen LogP contribution in [0.15, 0.2) is 29.2 Å². The molecule has 1 aliphatic heterocycles. The Hall–Kier alpha value is -2.40. The molecule has 0 saturated heterocycles. The molecule has 3 heterocycles. The Bertz CT molecular complexity index is 938. The molecule has 0 atom stereocenters. The number of hydrogen-bond acceptors (Lipinski definition) is 3. The first kappa shape index (κ1) is 14.2. The van der Waals surface area contributed by atoms with Gasteiger partial charge in [0.25, 0.3) is 5.56 Å². The maximum atomic E-state index is 12.0. The molecular formula is C18H20N4O. The van der Waals surface area contributed by atoms with Gasteiger partial charge in [0.15, 0.2) is 0 Å². The van der Waals surface area contributed by atoms with Gasteiger partial charge < -0.3 is 9.97 Å². The molecule has 1 aliphatic rings. The van der Waals surface area contributed by atoms with Crippen LogP contribution in [0.5, 0.6) is 0 Å². The SMILES string of the molecule is Cc1ccc2[nH]cc(CN3CCc4c(nc(C)[nH]c4=O)C3)c2c1. The third-order valence-electron chi connectivity index (χ3n) is 4.59. The summed E-state index contributed by atoms with van der Waals surface area (Å²) < 4.78 is 0. The molecule has 4 rings (SSSR count). The number of aromatic nitrogens is 3. The lowest BCUT2D eigenvalue weighted by Crippen LogP contribution is -2.35. The second-order valence-corrected chi connectivity index (χ2v) is 6.40. The lowest BCUT2D eigenvalue weighted by Gasteiger charge is -2.27. The van der Waals surface area contributed by atoms with Gasteiger partial charge in [0.1, 0.15) is 5.82 Å². The van der Waals surface area contributed by atoms with Crippen molar-refractivity contribution >= 4 is 10.9 Å².